The van der Waals surface area contributed by atoms with Crippen molar-refractivity contribution in [1.29, 1.82) is 0 Å². The molecule has 1 heterocycles. The van der Waals surface area contributed by atoms with Gasteiger partial charge in [0, 0.05) is 26.2 Å². The summed E-state index contributed by atoms with van der Waals surface area (Å²) < 4.78 is 24.3. The molecule has 106 valence electrons. The second-order valence-corrected chi connectivity index (χ2v) is 6.99. The number of rotatable bonds is 5. The van der Waals surface area contributed by atoms with E-state index in [1.165, 1.54) is 7.05 Å². The Kier molecular flexibility index (Phi) is 5.55. The lowest BCUT2D eigenvalue weighted by Gasteiger charge is -2.33. The SMILES string of the molecule is CCS(=O)(=O)N(C)CC(=O)N1CCCC(NC)C1. The molecule has 1 aliphatic heterocycles. The Morgan fingerprint density at radius 1 is 1.50 bits per heavy atom. The lowest BCUT2D eigenvalue weighted by Crippen LogP contribution is -2.50. The van der Waals surface area contributed by atoms with Crippen LogP contribution in [0.2, 0.25) is 0 Å². The van der Waals surface area contributed by atoms with Gasteiger partial charge in [-0.15, -0.1) is 0 Å². The van der Waals surface area contributed by atoms with Crippen LogP contribution in [0.25, 0.3) is 0 Å². The van der Waals surface area contributed by atoms with Crippen LogP contribution in [0, 0.1) is 0 Å². The second kappa shape index (κ2) is 6.49. The molecular weight excluding hydrogens is 254 g/mol. The first-order chi connectivity index (χ1) is 8.40. The van der Waals surface area contributed by atoms with E-state index in [9.17, 15) is 13.2 Å². The third-order valence-electron chi connectivity index (χ3n) is 3.38. The molecule has 0 aromatic heterocycles. The van der Waals surface area contributed by atoms with E-state index in [0.717, 1.165) is 23.7 Å². The fraction of sp³-hybridized carbons (Fsp3) is 0.909. The molecule has 1 rings (SSSR count). The maximum atomic E-state index is 12.0. The van der Waals surface area contributed by atoms with Crippen molar-refractivity contribution >= 4 is 15.9 Å². The molecule has 0 aromatic carbocycles. The molecule has 0 radical (unpaired) electrons. The van der Waals surface area contributed by atoms with Gasteiger partial charge in [-0.25, -0.2) is 8.42 Å². The maximum absolute atomic E-state index is 12.0. The molecule has 0 aromatic rings. The molecule has 1 unspecified atom stereocenters. The number of likely N-dealkylation sites (tertiary alicyclic amines) is 1. The first kappa shape index (κ1) is 15.4. The predicted molar refractivity (Wildman–Crippen MR) is 70.8 cm³/mol. The summed E-state index contributed by atoms with van der Waals surface area (Å²) in [6, 6.07) is 0.316. The Bertz CT molecular complexity index is 383. The maximum Gasteiger partial charge on any atom is 0.237 e. The predicted octanol–water partition coefficient (Wildman–Crippen LogP) is -0.522. The molecule has 1 amide bonds. The van der Waals surface area contributed by atoms with Gasteiger partial charge in [-0.1, -0.05) is 0 Å². The molecule has 1 aliphatic rings. The number of hydrogen-bond donors (Lipinski definition) is 1. The summed E-state index contributed by atoms with van der Waals surface area (Å²) in [7, 11) is 0.0550. The number of nitrogens with one attached hydrogen (secondary N) is 1. The molecule has 1 atom stereocenters. The van der Waals surface area contributed by atoms with Crippen molar-refractivity contribution in [3.63, 3.8) is 0 Å². The molecule has 6 nitrogen and oxygen atoms in total. The molecule has 0 aliphatic carbocycles. The van der Waals surface area contributed by atoms with Gasteiger partial charge in [0.25, 0.3) is 0 Å². The van der Waals surface area contributed by atoms with Gasteiger partial charge in [0.2, 0.25) is 15.9 Å². The third-order valence-corrected chi connectivity index (χ3v) is 5.19. The monoisotopic (exact) mass is 277 g/mol. The van der Waals surface area contributed by atoms with Crippen LogP contribution in [0.5, 0.6) is 0 Å². The van der Waals surface area contributed by atoms with Crippen molar-refractivity contribution in [3.05, 3.63) is 0 Å². The van der Waals surface area contributed by atoms with Crippen LogP contribution in [-0.4, -0.2) is 69.1 Å². The topological polar surface area (TPSA) is 69.7 Å². The smallest absolute Gasteiger partial charge is 0.237 e. The molecule has 0 spiro atoms. The van der Waals surface area contributed by atoms with Gasteiger partial charge in [-0.2, -0.15) is 4.31 Å². The van der Waals surface area contributed by atoms with E-state index in [1.54, 1.807) is 11.8 Å². The van der Waals surface area contributed by atoms with Crippen LogP contribution in [0.1, 0.15) is 19.8 Å². The Morgan fingerprint density at radius 3 is 2.72 bits per heavy atom. The standard InChI is InChI=1S/C11H23N3O3S/c1-4-18(16,17)13(3)9-11(15)14-7-5-6-10(8-14)12-2/h10,12H,4-9H2,1-3H3. The number of carbonyl (C=O) groups excluding carboxylic acids is 1. The van der Waals surface area contributed by atoms with Gasteiger partial charge in [-0.3, -0.25) is 4.79 Å². The number of amides is 1. The summed E-state index contributed by atoms with van der Waals surface area (Å²) in [6.07, 6.45) is 2.02. The van der Waals surface area contributed by atoms with E-state index in [4.69, 9.17) is 0 Å². The highest BCUT2D eigenvalue weighted by Gasteiger charge is 2.25. The van der Waals surface area contributed by atoms with Gasteiger partial charge in [0.1, 0.15) is 0 Å². The molecule has 7 heteroatoms. The summed E-state index contributed by atoms with van der Waals surface area (Å²) in [4.78, 5) is 13.8. The van der Waals surface area contributed by atoms with Gasteiger partial charge in [0.15, 0.2) is 0 Å². The fourth-order valence-corrected chi connectivity index (χ4v) is 2.80. The summed E-state index contributed by atoms with van der Waals surface area (Å²) in [5, 5.41) is 3.16. The first-order valence-electron chi connectivity index (χ1n) is 6.29. The van der Waals surface area contributed by atoms with Gasteiger partial charge in [0.05, 0.1) is 12.3 Å². The van der Waals surface area contributed by atoms with Gasteiger partial charge >= 0.3 is 0 Å². The summed E-state index contributed by atoms with van der Waals surface area (Å²) >= 11 is 0. The van der Waals surface area contributed by atoms with E-state index in [0.29, 0.717) is 12.6 Å². The molecule has 0 saturated carbocycles. The zero-order chi connectivity index (χ0) is 13.8. The van der Waals surface area contributed by atoms with E-state index in [-0.39, 0.29) is 18.2 Å². The van der Waals surface area contributed by atoms with E-state index in [1.807, 2.05) is 7.05 Å². The van der Waals surface area contributed by atoms with Gasteiger partial charge in [-0.05, 0) is 26.8 Å². The summed E-state index contributed by atoms with van der Waals surface area (Å²) in [5.74, 6) is -0.0925. The van der Waals surface area contributed by atoms with Crippen molar-refractivity contribution in [1.82, 2.24) is 14.5 Å². The normalized spacial score (nSPS) is 21.3. The molecule has 1 fully saturated rings. The molecular formula is C11H23N3O3S. The van der Waals surface area contributed by atoms with Crippen LogP contribution in [0.4, 0.5) is 0 Å². The Morgan fingerprint density at radius 2 is 2.17 bits per heavy atom. The minimum Gasteiger partial charge on any atom is -0.340 e. The van der Waals surface area contributed by atoms with Gasteiger partial charge < -0.3 is 10.2 Å². The first-order valence-corrected chi connectivity index (χ1v) is 7.90. The van der Waals surface area contributed by atoms with Crippen molar-refractivity contribution < 1.29 is 13.2 Å². The molecule has 0 bridgehead atoms. The van der Waals surface area contributed by atoms with Crippen LogP contribution in [-0.2, 0) is 14.8 Å². The fourth-order valence-electron chi connectivity index (χ4n) is 2.05. The zero-order valence-electron chi connectivity index (χ0n) is 11.3. The second-order valence-electron chi connectivity index (χ2n) is 4.62. The number of likely N-dealkylation sites (N-methyl/N-ethyl adjacent to an activating group) is 2. The summed E-state index contributed by atoms with van der Waals surface area (Å²) in [5.41, 5.74) is 0. The van der Waals surface area contributed by atoms with Crippen molar-refractivity contribution in [3.8, 4) is 0 Å². The Labute approximate surface area is 109 Å². The zero-order valence-corrected chi connectivity index (χ0v) is 12.2. The Balaban J connectivity index is 2.55. The molecule has 1 N–H and O–H groups in total. The highest BCUT2D eigenvalue weighted by atomic mass is 32.2. The van der Waals surface area contributed by atoms with E-state index < -0.39 is 10.0 Å². The number of hydrogen-bond acceptors (Lipinski definition) is 4. The average Bonchev–Trinajstić information content (AvgIpc) is 2.38. The van der Waals surface area contributed by atoms with Crippen molar-refractivity contribution in [2.45, 2.75) is 25.8 Å². The molecule has 1 saturated heterocycles. The largest absolute Gasteiger partial charge is 0.340 e. The average molecular weight is 277 g/mol. The van der Waals surface area contributed by atoms with E-state index in [2.05, 4.69) is 5.32 Å². The highest BCUT2D eigenvalue weighted by molar-refractivity contribution is 7.89. The number of piperidine rings is 1. The van der Waals surface area contributed by atoms with Crippen molar-refractivity contribution in [2.24, 2.45) is 0 Å². The minimum absolute atomic E-state index is 0.0237. The van der Waals surface area contributed by atoms with Crippen LogP contribution >= 0.6 is 0 Å². The van der Waals surface area contributed by atoms with Crippen molar-refractivity contribution in [2.75, 3.05) is 39.5 Å². The van der Waals surface area contributed by atoms with Crippen LogP contribution in [0.15, 0.2) is 0 Å². The minimum atomic E-state index is -3.28. The number of nitrogens with zero attached hydrogens (tertiary/aromatic N) is 2. The quantitative estimate of drug-likeness (QED) is 0.734. The lowest BCUT2D eigenvalue weighted by molar-refractivity contribution is -0.132. The van der Waals surface area contributed by atoms with Crippen LogP contribution in [0.3, 0.4) is 0 Å². The third kappa shape index (κ3) is 3.93. The highest BCUT2D eigenvalue weighted by Crippen LogP contribution is 2.10. The number of sulfonamides is 1. The lowest BCUT2D eigenvalue weighted by atomic mass is 10.1. The number of carbonyl (C=O) groups is 1. The Hall–Kier alpha value is -0.660. The summed E-state index contributed by atoms with van der Waals surface area (Å²) in [6.45, 7) is 2.90. The van der Waals surface area contributed by atoms with Crippen LogP contribution < -0.4 is 5.32 Å². The molecule has 18 heavy (non-hydrogen) atoms. The van der Waals surface area contributed by atoms with E-state index >= 15 is 0 Å².